The molecule has 170 valence electrons. The number of aryl methyl sites for hydroxylation is 1. The van der Waals surface area contributed by atoms with Gasteiger partial charge in [0, 0.05) is 55.3 Å². The topological polar surface area (TPSA) is 52.6 Å². The number of halogens is 1. The van der Waals surface area contributed by atoms with Gasteiger partial charge in [-0.2, -0.15) is 0 Å². The smallest absolute Gasteiger partial charge is 0.191 e. The lowest BCUT2D eigenvalue weighted by atomic mass is 9.96. The van der Waals surface area contributed by atoms with Crippen LogP contribution < -0.4 is 10.6 Å². The molecule has 2 aliphatic heterocycles. The number of hydrogen-bond donors (Lipinski definition) is 2. The molecule has 2 atom stereocenters. The predicted molar refractivity (Wildman–Crippen MR) is 142 cm³/mol. The first-order valence-electron chi connectivity index (χ1n) is 11.5. The second-order valence-corrected chi connectivity index (χ2v) is 9.64. The zero-order chi connectivity index (χ0) is 20.8. The Hall–Kier alpha value is -1.19. The molecule has 2 fully saturated rings. The van der Waals surface area contributed by atoms with Crippen LogP contribution in [0, 0.1) is 0 Å². The lowest BCUT2D eigenvalue weighted by molar-refractivity contribution is 0.114. The van der Waals surface area contributed by atoms with Crippen LogP contribution in [0.4, 0.5) is 0 Å². The summed E-state index contributed by atoms with van der Waals surface area (Å²) in [5, 5.41) is 8.38. The highest BCUT2D eigenvalue weighted by molar-refractivity contribution is 14.0. The quantitative estimate of drug-likeness (QED) is 0.285. The van der Waals surface area contributed by atoms with Gasteiger partial charge in [-0.1, -0.05) is 37.3 Å². The summed E-state index contributed by atoms with van der Waals surface area (Å²) < 4.78 is 0. The minimum absolute atomic E-state index is 0. The Morgan fingerprint density at radius 1 is 1.16 bits per heavy atom. The van der Waals surface area contributed by atoms with Crippen molar-refractivity contribution >= 4 is 41.3 Å². The van der Waals surface area contributed by atoms with Crippen LogP contribution in [-0.4, -0.2) is 47.1 Å². The molecule has 5 nitrogen and oxygen atoms in total. The van der Waals surface area contributed by atoms with Crippen LogP contribution in [0.5, 0.6) is 0 Å². The van der Waals surface area contributed by atoms with E-state index >= 15 is 0 Å². The minimum atomic E-state index is 0. The van der Waals surface area contributed by atoms with E-state index in [-0.39, 0.29) is 24.0 Å². The number of hydrogen-bond acceptors (Lipinski definition) is 4. The van der Waals surface area contributed by atoms with Crippen LogP contribution in [0.1, 0.15) is 55.0 Å². The van der Waals surface area contributed by atoms with Gasteiger partial charge < -0.3 is 10.6 Å². The number of thiazole rings is 1. The molecule has 2 unspecified atom stereocenters. The van der Waals surface area contributed by atoms with Gasteiger partial charge in [-0.3, -0.25) is 9.89 Å². The highest BCUT2D eigenvalue weighted by Gasteiger charge is 2.40. The van der Waals surface area contributed by atoms with Crippen LogP contribution in [0.25, 0.3) is 0 Å². The van der Waals surface area contributed by atoms with Gasteiger partial charge in [-0.15, -0.1) is 35.3 Å². The third-order valence-electron chi connectivity index (χ3n) is 6.32. The maximum Gasteiger partial charge on any atom is 0.191 e. The highest BCUT2D eigenvalue weighted by atomic mass is 127. The first kappa shape index (κ1) is 24.5. The lowest BCUT2D eigenvalue weighted by Crippen LogP contribution is -2.52. The van der Waals surface area contributed by atoms with Crippen molar-refractivity contribution in [3.63, 3.8) is 0 Å². The number of rotatable bonds is 8. The third kappa shape index (κ3) is 6.65. The van der Waals surface area contributed by atoms with Gasteiger partial charge in [0.05, 0.1) is 5.01 Å². The number of nitrogens with one attached hydrogen (secondary N) is 2. The van der Waals surface area contributed by atoms with Crippen molar-refractivity contribution in [1.29, 1.82) is 0 Å². The molecule has 1 aromatic carbocycles. The van der Waals surface area contributed by atoms with Crippen LogP contribution in [0.15, 0.2) is 41.5 Å². The van der Waals surface area contributed by atoms with E-state index in [1.54, 1.807) is 0 Å². The summed E-state index contributed by atoms with van der Waals surface area (Å²) in [5.41, 5.74) is 1.43. The monoisotopic (exact) mass is 553 g/mol. The van der Waals surface area contributed by atoms with Gasteiger partial charge in [0.25, 0.3) is 0 Å². The average molecular weight is 554 g/mol. The number of nitrogens with zero attached hydrogens (tertiary/aromatic N) is 3. The molecule has 2 N–H and O–H groups in total. The van der Waals surface area contributed by atoms with E-state index in [0.717, 1.165) is 38.4 Å². The Balaban J connectivity index is 0.00000272. The molecule has 2 aliphatic rings. The number of aliphatic imine (C=N–C) groups is 1. The summed E-state index contributed by atoms with van der Waals surface area (Å²) in [5.74, 6) is 0.964. The van der Waals surface area contributed by atoms with E-state index in [4.69, 9.17) is 4.99 Å². The molecule has 0 spiro atoms. The number of guanidine groups is 1. The van der Waals surface area contributed by atoms with E-state index in [9.17, 15) is 0 Å². The van der Waals surface area contributed by atoms with Gasteiger partial charge in [0.2, 0.25) is 0 Å². The second-order valence-electron chi connectivity index (χ2n) is 8.44. The van der Waals surface area contributed by atoms with Crippen LogP contribution in [0.2, 0.25) is 0 Å². The molecule has 3 heterocycles. The van der Waals surface area contributed by atoms with Crippen molar-refractivity contribution in [2.24, 2.45) is 4.99 Å². The number of benzene rings is 1. The molecule has 2 bridgehead atoms. The second kappa shape index (κ2) is 12.2. The maximum absolute atomic E-state index is 4.84. The molecule has 7 heteroatoms. The SMILES string of the molecule is CCNC(=NCCc1ncc(CC)s1)NC1CC2CCC(C1)N2Cc1ccccc1.I. The van der Waals surface area contributed by atoms with E-state index < -0.39 is 0 Å². The van der Waals surface area contributed by atoms with Crippen molar-refractivity contribution in [3.8, 4) is 0 Å². The number of aromatic nitrogens is 1. The Labute approximate surface area is 208 Å². The molecule has 31 heavy (non-hydrogen) atoms. The van der Waals surface area contributed by atoms with Crippen molar-refractivity contribution in [2.75, 3.05) is 13.1 Å². The zero-order valence-electron chi connectivity index (χ0n) is 18.7. The predicted octanol–water partition coefficient (Wildman–Crippen LogP) is 4.62. The van der Waals surface area contributed by atoms with Gasteiger partial charge in [0.15, 0.2) is 5.96 Å². The largest absolute Gasteiger partial charge is 0.357 e. The van der Waals surface area contributed by atoms with Crippen LogP contribution in [-0.2, 0) is 19.4 Å². The number of fused-ring (bicyclic) bond motifs is 2. The Bertz CT molecular complexity index is 810. The molecule has 0 amide bonds. The van der Waals surface area contributed by atoms with Crippen molar-refractivity contribution in [3.05, 3.63) is 52.0 Å². The van der Waals surface area contributed by atoms with Gasteiger partial charge in [-0.05, 0) is 44.6 Å². The summed E-state index contributed by atoms with van der Waals surface area (Å²) in [4.78, 5) is 13.5. The first-order valence-corrected chi connectivity index (χ1v) is 12.3. The standard InChI is InChI=1S/C24H35N5S.HI/c1-3-22-16-27-23(30-22)12-13-26-24(25-4-2)28-19-14-20-10-11-21(15-19)29(20)17-18-8-6-5-7-9-18;/h5-9,16,19-21H,3-4,10-15,17H2,1-2H3,(H2,25,26,28);1H. The molecule has 4 rings (SSSR count). The average Bonchev–Trinajstić information content (AvgIpc) is 3.30. The van der Waals surface area contributed by atoms with Crippen molar-refractivity contribution < 1.29 is 0 Å². The fourth-order valence-corrected chi connectivity index (χ4v) is 5.70. The first-order chi connectivity index (χ1) is 14.7. The van der Waals surface area contributed by atoms with Crippen LogP contribution in [0.3, 0.4) is 0 Å². The third-order valence-corrected chi connectivity index (χ3v) is 7.52. The highest BCUT2D eigenvalue weighted by Crippen LogP contribution is 2.36. The molecule has 2 aromatic rings. The normalized spacial score (nSPS) is 23.4. The molecular formula is C24H36IN5S. The molecule has 1 aromatic heterocycles. The van der Waals surface area contributed by atoms with Crippen molar-refractivity contribution in [2.45, 2.75) is 77.0 Å². The Morgan fingerprint density at radius 3 is 2.55 bits per heavy atom. The summed E-state index contributed by atoms with van der Waals surface area (Å²) in [6.07, 6.45) is 9.06. The summed E-state index contributed by atoms with van der Waals surface area (Å²) in [6.45, 7) is 7.08. The molecule has 0 aliphatic carbocycles. The molecule has 0 saturated carbocycles. The molecule has 2 saturated heterocycles. The maximum atomic E-state index is 4.84. The van der Waals surface area contributed by atoms with E-state index in [1.165, 1.54) is 41.1 Å². The minimum Gasteiger partial charge on any atom is -0.357 e. The fourth-order valence-electron chi connectivity index (χ4n) is 4.85. The van der Waals surface area contributed by atoms with Gasteiger partial charge >= 0.3 is 0 Å². The zero-order valence-corrected chi connectivity index (χ0v) is 21.9. The lowest BCUT2D eigenvalue weighted by Gasteiger charge is -2.39. The molecule has 0 radical (unpaired) electrons. The van der Waals surface area contributed by atoms with Gasteiger partial charge in [0.1, 0.15) is 0 Å². The van der Waals surface area contributed by atoms with E-state index in [2.05, 4.69) is 64.7 Å². The van der Waals surface area contributed by atoms with Crippen LogP contribution >= 0.6 is 35.3 Å². The van der Waals surface area contributed by atoms with E-state index in [1.807, 2.05) is 17.5 Å². The summed E-state index contributed by atoms with van der Waals surface area (Å²) in [7, 11) is 0. The summed E-state index contributed by atoms with van der Waals surface area (Å²) >= 11 is 1.82. The van der Waals surface area contributed by atoms with E-state index in [0.29, 0.717) is 18.1 Å². The number of piperidine rings is 1. The van der Waals surface area contributed by atoms with Crippen molar-refractivity contribution in [1.82, 2.24) is 20.5 Å². The fraction of sp³-hybridized carbons (Fsp3) is 0.583. The Morgan fingerprint density at radius 2 is 1.90 bits per heavy atom. The summed E-state index contributed by atoms with van der Waals surface area (Å²) in [6, 6.07) is 12.8. The van der Waals surface area contributed by atoms with Gasteiger partial charge in [-0.25, -0.2) is 4.98 Å². The molecular weight excluding hydrogens is 517 g/mol. The Kier molecular flexibility index (Phi) is 9.59.